The molecule has 1 aliphatic heterocycles. The molecule has 0 spiro atoms. The summed E-state index contributed by atoms with van der Waals surface area (Å²) < 4.78 is 19.0. The fourth-order valence-corrected chi connectivity index (χ4v) is 3.19. The first-order valence-corrected chi connectivity index (χ1v) is 9.88. The fourth-order valence-electron chi connectivity index (χ4n) is 3.19. The highest BCUT2D eigenvalue weighted by atomic mass is 19.1. The maximum absolute atomic E-state index is 13.8. The first-order valence-electron chi connectivity index (χ1n) is 9.88. The van der Waals surface area contributed by atoms with Crippen LogP contribution < -0.4 is 10.2 Å². The highest BCUT2D eigenvalue weighted by Gasteiger charge is 2.25. The minimum Gasteiger partial charge on any atom is -0.460 e. The molecule has 1 N–H and O–H groups in total. The lowest BCUT2D eigenvalue weighted by molar-refractivity contribution is -0.384. The molecule has 0 aliphatic carbocycles. The molecule has 164 valence electrons. The van der Waals surface area contributed by atoms with Crippen LogP contribution >= 0.6 is 0 Å². The number of hydrogen-bond donors (Lipinski definition) is 1. The van der Waals surface area contributed by atoms with Gasteiger partial charge in [-0.1, -0.05) is 0 Å². The van der Waals surface area contributed by atoms with Crippen molar-refractivity contribution in [3.8, 4) is 0 Å². The van der Waals surface area contributed by atoms with E-state index < -0.39 is 28.2 Å². The molecule has 1 fully saturated rings. The van der Waals surface area contributed by atoms with Crippen LogP contribution in [0.3, 0.4) is 0 Å². The standard InChI is InChI=1S/C22H24FN3O5/c1-22(2,3)31-20(27)13-15-11-16(23)6-7-17(15)24-21(28)14-5-8-18(25-9-4-10-25)19(12-14)26(29)30/h5-8,11-12H,4,9-10,13H2,1-3H3,(H,24,28). The predicted molar refractivity (Wildman–Crippen MR) is 114 cm³/mol. The van der Waals surface area contributed by atoms with E-state index >= 15 is 0 Å². The summed E-state index contributed by atoms with van der Waals surface area (Å²) >= 11 is 0. The predicted octanol–water partition coefficient (Wildman–Crippen LogP) is 4.08. The van der Waals surface area contributed by atoms with Crippen LogP contribution in [0, 0.1) is 15.9 Å². The zero-order valence-corrected chi connectivity index (χ0v) is 17.6. The highest BCUT2D eigenvalue weighted by Crippen LogP contribution is 2.32. The number of halogens is 1. The van der Waals surface area contributed by atoms with E-state index in [0.29, 0.717) is 5.69 Å². The Balaban J connectivity index is 1.82. The Kier molecular flexibility index (Phi) is 6.24. The Bertz CT molecular complexity index is 1030. The number of hydrogen-bond acceptors (Lipinski definition) is 6. The molecule has 9 heteroatoms. The van der Waals surface area contributed by atoms with Gasteiger partial charge in [-0.25, -0.2) is 4.39 Å². The lowest BCUT2D eigenvalue weighted by Crippen LogP contribution is -2.37. The van der Waals surface area contributed by atoms with Gasteiger partial charge in [-0.05, 0) is 63.1 Å². The average Bonchev–Trinajstić information content (AvgIpc) is 2.61. The number of rotatable bonds is 6. The van der Waals surface area contributed by atoms with Crippen molar-refractivity contribution in [1.29, 1.82) is 0 Å². The lowest BCUT2D eigenvalue weighted by Gasteiger charge is -2.32. The van der Waals surface area contributed by atoms with Crippen molar-refractivity contribution >= 4 is 28.9 Å². The molecule has 1 saturated heterocycles. The normalized spacial score (nSPS) is 13.4. The van der Waals surface area contributed by atoms with Crippen molar-refractivity contribution in [3.05, 3.63) is 63.5 Å². The first-order chi connectivity index (χ1) is 14.5. The van der Waals surface area contributed by atoms with Gasteiger partial charge in [0, 0.05) is 30.4 Å². The number of nitrogens with one attached hydrogen (secondary N) is 1. The van der Waals surface area contributed by atoms with Crippen LogP contribution in [-0.4, -0.2) is 35.5 Å². The number of carbonyl (C=O) groups excluding carboxylic acids is 2. The zero-order valence-electron chi connectivity index (χ0n) is 17.6. The molecular weight excluding hydrogens is 405 g/mol. The third-order valence-electron chi connectivity index (χ3n) is 4.70. The van der Waals surface area contributed by atoms with E-state index in [2.05, 4.69) is 5.32 Å². The molecule has 0 aromatic heterocycles. The molecule has 0 unspecified atom stereocenters. The Morgan fingerprint density at radius 3 is 2.48 bits per heavy atom. The van der Waals surface area contributed by atoms with Crippen LogP contribution in [0.4, 0.5) is 21.5 Å². The van der Waals surface area contributed by atoms with Gasteiger partial charge in [-0.3, -0.25) is 19.7 Å². The van der Waals surface area contributed by atoms with Gasteiger partial charge in [-0.15, -0.1) is 0 Å². The molecule has 2 aromatic carbocycles. The number of esters is 1. The Morgan fingerprint density at radius 2 is 1.90 bits per heavy atom. The average molecular weight is 429 g/mol. The summed E-state index contributed by atoms with van der Waals surface area (Å²) in [6.07, 6.45) is 0.725. The summed E-state index contributed by atoms with van der Waals surface area (Å²) in [5.41, 5.74) is 0.176. The van der Waals surface area contributed by atoms with Gasteiger partial charge in [0.25, 0.3) is 11.6 Å². The van der Waals surface area contributed by atoms with E-state index in [9.17, 15) is 24.1 Å². The van der Waals surface area contributed by atoms with Crippen LogP contribution in [0.25, 0.3) is 0 Å². The van der Waals surface area contributed by atoms with E-state index in [-0.39, 0.29) is 28.9 Å². The van der Waals surface area contributed by atoms with Gasteiger partial charge in [0.05, 0.1) is 11.3 Å². The van der Waals surface area contributed by atoms with Gasteiger partial charge in [-0.2, -0.15) is 0 Å². The number of nitro groups is 1. The Labute approximate surface area is 179 Å². The second-order valence-electron chi connectivity index (χ2n) is 8.32. The largest absolute Gasteiger partial charge is 0.460 e. The van der Waals surface area contributed by atoms with E-state index in [1.165, 1.54) is 18.2 Å². The van der Waals surface area contributed by atoms with Crippen LogP contribution in [0.15, 0.2) is 36.4 Å². The zero-order chi connectivity index (χ0) is 22.8. The number of amides is 1. The highest BCUT2D eigenvalue weighted by molar-refractivity contribution is 6.05. The lowest BCUT2D eigenvalue weighted by atomic mass is 10.1. The number of nitrogens with zero attached hydrogens (tertiary/aromatic N) is 2. The molecule has 0 atom stereocenters. The van der Waals surface area contributed by atoms with E-state index in [4.69, 9.17) is 4.74 Å². The molecule has 1 aliphatic rings. The van der Waals surface area contributed by atoms with E-state index in [1.54, 1.807) is 26.8 Å². The molecule has 31 heavy (non-hydrogen) atoms. The molecular formula is C22H24FN3O5. The fraction of sp³-hybridized carbons (Fsp3) is 0.364. The minimum absolute atomic E-state index is 0.0866. The quantitative estimate of drug-likeness (QED) is 0.422. The van der Waals surface area contributed by atoms with Crippen molar-refractivity contribution in [2.45, 2.75) is 39.2 Å². The number of nitro benzene ring substituents is 1. The van der Waals surface area contributed by atoms with Gasteiger partial charge in [0.2, 0.25) is 0 Å². The molecule has 0 saturated carbocycles. The number of ether oxygens (including phenoxy) is 1. The summed E-state index contributed by atoms with van der Waals surface area (Å²) in [6.45, 7) is 6.62. The van der Waals surface area contributed by atoms with Crippen molar-refractivity contribution in [3.63, 3.8) is 0 Å². The third-order valence-corrected chi connectivity index (χ3v) is 4.70. The topological polar surface area (TPSA) is 102 Å². The SMILES string of the molecule is CC(C)(C)OC(=O)Cc1cc(F)ccc1NC(=O)c1ccc(N2CCC2)c([N+](=O)[O-])c1. The number of anilines is 2. The second-order valence-corrected chi connectivity index (χ2v) is 8.32. The Morgan fingerprint density at radius 1 is 1.19 bits per heavy atom. The summed E-state index contributed by atoms with van der Waals surface area (Å²) in [4.78, 5) is 37.7. The maximum Gasteiger partial charge on any atom is 0.310 e. The molecule has 1 amide bonds. The molecule has 2 aromatic rings. The summed E-state index contributed by atoms with van der Waals surface area (Å²) in [5, 5.41) is 14.1. The van der Waals surface area contributed by atoms with Crippen molar-refractivity contribution < 1.29 is 23.6 Å². The van der Waals surface area contributed by atoms with Crippen LogP contribution in [0.5, 0.6) is 0 Å². The number of carbonyl (C=O) groups is 2. The van der Waals surface area contributed by atoms with Crippen LogP contribution in [0.1, 0.15) is 43.1 Å². The summed E-state index contributed by atoms with van der Waals surface area (Å²) in [7, 11) is 0. The molecule has 8 nitrogen and oxygen atoms in total. The first kappa shape index (κ1) is 22.2. The van der Waals surface area contributed by atoms with E-state index in [0.717, 1.165) is 31.6 Å². The van der Waals surface area contributed by atoms with Crippen molar-refractivity contribution in [1.82, 2.24) is 0 Å². The Hall–Kier alpha value is -3.49. The molecule has 0 radical (unpaired) electrons. The van der Waals surface area contributed by atoms with E-state index in [1.807, 2.05) is 4.90 Å². The van der Waals surface area contributed by atoms with Gasteiger partial charge in [0.15, 0.2) is 0 Å². The monoisotopic (exact) mass is 429 g/mol. The third kappa shape index (κ3) is 5.56. The van der Waals surface area contributed by atoms with Gasteiger partial charge < -0.3 is 15.0 Å². The summed E-state index contributed by atoms with van der Waals surface area (Å²) in [5.74, 6) is -1.73. The van der Waals surface area contributed by atoms with Gasteiger partial charge in [0.1, 0.15) is 17.1 Å². The van der Waals surface area contributed by atoms with Crippen LogP contribution in [0.2, 0.25) is 0 Å². The number of benzene rings is 2. The smallest absolute Gasteiger partial charge is 0.310 e. The van der Waals surface area contributed by atoms with Gasteiger partial charge >= 0.3 is 5.97 Å². The second kappa shape index (κ2) is 8.71. The minimum atomic E-state index is -0.703. The van der Waals surface area contributed by atoms with Crippen molar-refractivity contribution in [2.75, 3.05) is 23.3 Å². The molecule has 0 bridgehead atoms. The molecule has 3 rings (SSSR count). The van der Waals surface area contributed by atoms with Crippen LogP contribution in [-0.2, 0) is 16.0 Å². The molecule has 1 heterocycles. The maximum atomic E-state index is 13.8. The van der Waals surface area contributed by atoms with Crippen molar-refractivity contribution in [2.24, 2.45) is 0 Å². The summed E-state index contributed by atoms with van der Waals surface area (Å²) in [6, 6.07) is 7.93.